The molecule has 0 fully saturated rings. The smallest absolute Gasteiger partial charge is 0.311 e. The number of thioether (sulfide) groups is 1. The van der Waals surface area contributed by atoms with Crippen LogP contribution in [0.2, 0.25) is 0 Å². The Kier molecular flexibility index (Phi) is 6.57. The van der Waals surface area contributed by atoms with Gasteiger partial charge < -0.3 is 4.84 Å². The van der Waals surface area contributed by atoms with Crippen LogP contribution in [0.1, 0.15) is 32.5 Å². The number of thiophene rings is 1. The Morgan fingerprint density at radius 1 is 0.963 bits per heavy atom. The molecule has 1 heterocycles. The number of rotatable bonds is 7. The van der Waals surface area contributed by atoms with Crippen molar-refractivity contribution < 1.29 is 14.4 Å². The van der Waals surface area contributed by atoms with Crippen molar-refractivity contribution in [3.63, 3.8) is 0 Å². The summed E-state index contributed by atoms with van der Waals surface area (Å²) in [6, 6.07) is 19.7. The number of ketones is 1. The Bertz CT molecular complexity index is 933. The van der Waals surface area contributed by atoms with Crippen molar-refractivity contribution in [2.45, 2.75) is 11.8 Å². The molecule has 4 nitrogen and oxygen atoms in total. The van der Waals surface area contributed by atoms with Crippen LogP contribution in [0.25, 0.3) is 0 Å². The Morgan fingerprint density at radius 2 is 1.70 bits per heavy atom. The van der Waals surface area contributed by atoms with Crippen LogP contribution >= 0.6 is 23.1 Å². The first-order chi connectivity index (χ1) is 13.2. The first-order valence-corrected chi connectivity index (χ1v) is 10.2. The van der Waals surface area contributed by atoms with Crippen LogP contribution < -0.4 is 0 Å². The molecule has 0 aliphatic rings. The summed E-state index contributed by atoms with van der Waals surface area (Å²) >= 11 is 2.96. The minimum atomic E-state index is -0.582. The van der Waals surface area contributed by atoms with Gasteiger partial charge in [0.25, 0.3) is 0 Å². The molecular weight excluding hydrogens is 378 g/mol. The van der Waals surface area contributed by atoms with E-state index >= 15 is 0 Å². The van der Waals surface area contributed by atoms with Crippen LogP contribution in [0.4, 0.5) is 0 Å². The maximum Gasteiger partial charge on any atom is 0.375 e. The highest BCUT2D eigenvalue weighted by atomic mass is 32.2. The molecule has 6 heteroatoms. The Morgan fingerprint density at radius 3 is 2.33 bits per heavy atom. The van der Waals surface area contributed by atoms with Gasteiger partial charge in [0, 0.05) is 16.0 Å². The fraction of sp³-hybridized carbons (Fsp3) is 0.0952. The Balaban J connectivity index is 1.88. The molecule has 3 rings (SSSR count). The number of nitrogens with zero attached hydrogens (tertiary/aromatic N) is 1. The quantitative estimate of drug-likeness (QED) is 0.179. The molecular formula is C21H17NO3S2. The van der Waals surface area contributed by atoms with Gasteiger partial charge in [0.2, 0.25) is 5.78 Å². The van der Waals surface area contributed by atoms with E-state index in [4.69, 9.17) is 4.84 Å². The average Bonchev–Trinajstić information content (AvgIpc) is 3.24. The van der Waals surface area contributed by atoms with E-state index < -0.39 is 5.97 Å². The van der Waals surface area contributed by atoms with Gasteiger partial charge >= 0.3 is 5.97 Å². The highest BCUT2D eigenvalue weighted by Crippen LogP contribution is 2.19. The first-order valence-electron chi connectivity index (χ1n) is 8.35. The normalized spacial score (nSPS) is 11.2. The molecule has 136 valence electrons. The number of carbonyl (C=O) groups excluding carboxylic acids is 2. The van der Waals surface area contributed by atoms with E-state index in [0.717, 1.165) is 10.6 Å². The third-order valence-corrected chi connectivity index (χ3v) is 5.38. The van der Waals surface area contributed by atoms with Gasteiger partial charge in [0.05, 0.1) is 0 Å². The number of benzene rings is 2. The number of hydrogen-bond acceptors (Lipinski definition) is 6. The predicted octanol–water partition coefficient (Wildman–Crippen LogP) is 5.30. The molecule has 2 aromatic carbocycles. The van der Waals surface area contributed by atoms with E-state index in [2.05, 4.69) is 12.1 Å². The lowest BCUT2D eigenvalue weighted by Crippen LogP contribution is -2.17. The van der Waals surface area contributed by atoms with Gasteiger partial charge in [0.1, 0.15) is 4.88 Å². The highest BCUT2D eigenvalue weighted by Gasteiger charge is 2.19. The molecule has 0 N–H and O–H groups in total. The number of hydrogen-bond donors (Lipinski definition) is 0. The second-order valence-electron chi connectivity index (χ2n) is 5.45. The van der Waals surface area contributed by atoms with Gasteiger partial charge in [-0.2, -0.15) is 0 Å². The molecule has 27 heavy (non-hydrogen) atoms. The van der Waals surface area contributed by atoms with E-state index in [0.29, 0.717) is 16.0 Å². The van der Waals surface area contributed by atoms with Gasteiger partial charge in [-0.05, 0) is 41.5 Å². The molecule has 0 bridgehead atoms. The van der Waals surface area contributed by atoms with Crippen LogP contribution in [0.3, 0.4) is 0 Å². The zero-order valence-corrected chi connectivity index (χ0v) is 16.3. The van der Waals surface area contributed by atoms with Gasteiger partial charge in [-0.25, -0.2) is 4.79 Å². The summed E-state index contributed by atoms with van der Waals surface area (Å²) in [7, 11) is 0. The summed E-state index contributed by atoms with van der Waals surface area (Å²) in [5.41, 5.74) is 1.18. The second-order valence-corrected chi connectivity index (χ2v) is 7.73. The molecule has 0 saturated heterocycles. The summed E-state index contributed by atoms with van der Waals surface area (Å²) in [6.07, 6.45) is 0. The highest BCUT2D eigenvalue weighted by molar-refractivity contribution is 7.99. The largest absolute Gasteiger partial charge is 0.375 e. The van der Waals surface area contributed by atoms with E-state index in [1.165, 1.54) is 11.3 Å². The number of Topliss-reactive ketones (excluding diaryl/α,β-unsaturated/α-hetero) is 1. The topological polar surface area (TPSA) is 55.7 Å². The third-order valence-electron chi connectivity index (χ3n) is 3.63. The van der Waals surface area contributed by atoms with E-state index in [9.17, 15) is 9.59 Å². The van der Waals surface area contributed by atoms with Crippen molar-refractivity contribution in [1.29, 1.82) is 0 Å². The van der Waals surface area contributed by atoms with Gasteiger partial charge in [-0.15, -0.1) is 23.1 Å². The summed E-state index contributed by atoms with van der Waals surface area (Å²) in [6.45, 7) is 2.08. The lowest BCUT2D eigenvalue weighted by atomic mass is 10.0. The zero-order chi connectivity index (χ0) is 19.1. The van der Waals surface area contributed by atoms with Gasteiger partial charge in [-0.3, -0.25) is 4.79 Å². The predicted molar refractivity (Wildman–Crippen MR) is 110 cm³/mol. The monoisotopic (exact) mass is 395 g/mol. The number of oxime groups is 1. The average molecular weight is 396 g/mol. The van der Waals surface area contributed by atoms with E-state index in [-0.39, 0.29) is 11.5 Å². The van der Waals surface area contributed by atoms with Crippen molar-refractivity contribution in [3.05, 3.63) is 88.1 Å². The SMILES string of the molecule is CCSc1ccc(C(=O)C(=NOC(=O)c2cccs2)c2ccccc2)cc1. The van der Waals surface area contributed by atoms with E-state index in [1.807, 2.05) is 18.2 Å². The Hall–Kier alpha value is -2.70. The minimum absolute atomic E-state index is 0.0939. The molecule has 0 radical (unpaired) electrons. The van der Waals surface area contributed by atoms with E-state index in [1.54, 1.807) is 65.7 Å². The lowest BCUT2D eigenvalue weighted by molar-refractivity contribution is 0.0522. The lowest BCUT2D eigenvalue weighted by Gasteiger charge is -2.06. The van der Waals surface area contributed by atoms with Crippen LogP contribution in [0.15, 0.2) is 82.2 Å². The van der Waals surface area contributed by atoms with Crippen LogP contribution in [-0.4, -0.2) is 23.2 Å². The number of carbonyl (C=O) groups is 2. The molecule has 0 aliphatic carbocycles. The first kappa shape index (κ1) is 19.1. The fourth-order valence-corrected chi connectivity index (χ4v) is 3.61. The summed E-state index contributed by atoms with van der Waals surface area (Å²) < 4.78 is 0. The molecule has 3 aromatic rings. The molecule has 0 aliphatic heterocycles. The second kappa shape index (κ2) is 9.30. The summed E-state index contributed by atoms with van der Waals surface area (Å²) in [4.78, 5) is 31.6. The van der Waals surface area contributed by atoms with Crippen molar-refractivity contribution in [3.8, 4) is 0 Å². The molecule has 0 saturated carbocycles. The van der Waals surface area contributed by atoms with Crippen LogP contribution in [0, 0.1) is 0 Å². The standard InChI is InChI=1S/C21H17NO3S2/c1-2-26-17-12-10-16(11-13-17)20(23)19(15-7-4-3-5-8-15)22-25-21(24)18-9-6-14-27-18/h3-14H,2H2,1H3. The molecule has 0 atom stereocenters. The molecule has 0 amide bonds. The Labute approximate surface area is 165 Å². The van der Waals surface area contributed by atoms with Gasteiger partial charge in [-0.1, -0.05) is 48.5 Å². The van der Waals surface area contributed by atoms with Crippen molar-refractivity contribution >= 4 is 40.6 Å². The molecule has 0 spiro atoms. The van der Waals surface area contributed by atoms with Crippen molar-refractivity contribution in [2.75, 3.05) is 5.75 Å². The maximum absolute atomic E-state index is 13.0. The summed E-state index contributed by atoms with van der Waals surface area (Å²) in [5, 5.41) is 5.68. The fourth-order valence-electron chi connectivity index (χ4n) is 2.35. The zero-order valence-electron chi connectivity index (χ0n) is 14.6. The molecule has 1 aromatic heterocycles. The molecule has 0 unspecified atom stereocenters. The van der Waals surface area contributed by atoms with Crippen LogP contribution in [-0.2, 0) is 4.84 Å². The van der Waals surface area contributed by atoms with Crippen molar-refractivity contribution in [2.24, 2.45) is 5.16 Å². The minimum Gasteiger partial charge on any atom is -0.311 e. The summed E-state index contributed by atoms with van der Waals surface area (Å²) in [5.74, 6) is 0.0806. The van der Waals surface area contributed by atoms with Crippen LogP contribution in [0.5, 0.6) is 0 Å². The van der Waals surface area contributed by atoms with Crippen molar-refractivity contribution in [1.82, 2.24) is 0 Å². The third kappa shape index (κ3) is 4.93. The van der Waals surface area contributed by atoms with Gasteiger partial charge in [0.15, 0.2) is 5.71 Å². The maximum atomic E-state index is 13.0.